The van der Waals surface area contributed by atoms with E-state index >= 15 is 0 Å². The van der Waals surface area contributed by atoms with Gasteiger partial charge in [-0.25, -0.2) is 0 Å². The van der Waals surface area contributed by atoms with Crippen molar-refractivity contribution in [3.63, 3.8) is 0 Å². The number of unbranched alkanes of at least 4 members (excludes halogenated alkanes) is 1. The third-order valence-corrected chi connectivity index (χ3v) is 6.95. The van der Waals surface area contributed by atoms with Crippen LogP contribution in [0.4, 0.5) is 0 Å². The second-order valence-electron chi connectivity index (χ2n) is 10.1. The Balaban J connectivity index is 1.50. The van der Waals surface area contributed by atoms with Crippen LogP contribution < -0.4 is 0 Å². The molecule has 3 aromatic carbocycles. The van der Waals surface area contributed by atoms with Gasteiger partial charge in [-0.2, -0.15) is 0 Å². The first kappa shape index (κ1) is 27.2. The van der Waals surface area contributed by atoms with Crippen molar-refractivity contribution in [2.75, 3.05) is 19.6 Å². The summed E-state index contributed by atoms with van der Waals surface area (Å²) in [4.78, 5) is 30.8. The Bertz CT molecular complexity index is 1370. The molecule has 198 valence electrons. The van der Waals surface area contributed by atoms with E-state index in [9.17, 15) is 9.59 Å². The summed E-state index contributed by atoms with van der Waals surface area (Å²) in [7, 11) is 0. The molecule has 5 nitrogen and oxygen atoms in total. The monoisotopic (exact) mass is 509 g/mol. The largest absolute Gasteiger partial charge is 0.345 e. The van der Waals surface area contributed by atoms with Gasteiger partial charge in [0.2, 0.25) is 5.91 Å². The van der Waals surface area contributed by atoms with Crippen molar-refractivity contribution < 1.29 is 9.59 Å². The third kappa shape index (κ3) is 6.91. The van der Waals surface area contributed by atoms with Crippen LogP contribution in [0.1, 0.15) is 60.3 Å². The van der Waals surface area contributed by atoms with Crippen molar-refractivity contribution in [1.82, 2.24) is 14.4 Å². The molecule has 0 bridgehead atoms. The molecular weight excluding hydrogens is 470 g/mol. The molecule has 0 aliphatic carbocycles. The number of benzene rings is 3. The van der Waals surface area contributed by atoms with E-state index in [4.69, 9.17) is 0 Å². The van der Waals surface area contributed by atoms with Crippen LogP contribution >= 0.6 is 0 Å². The zero-order valence-electron chi connectivity index (χ0n) is 22.9. The van der Waals surface area contributed by atoms with E-state index in [1.165, 1.54) is 11.1 Å². The van der Waals surface area contributed by atoms with Gasteiger partial charge in [0, 0.05) is 37.1 Å². The lowest BCUT2D eigenvalue weighted by Gasteiger charge is -2.28. The molecular formula is C33H39N3O2. The number of fused-ring (bicyclic) bond motifs is 1. The summed E-state index contributed by atoms with van der Waals surface area (Å²) in [5.74, 6) is -0.103. The maximum absolute atomic E-state index is 13.6. The summed E-state index contributed by atoms with van der Waals surface area (Å²) in [5.41, 5.74) is 4.20. The standard InChI is InChI=1S/C33H39N3O2/c1-4-6-19-35(24-31-15-10-20-34(31)23-27-12-9-11-26(3)21-27)32(37)25-36(18-5-2)33(38)30-17-16-28-13-7-8-14-29(28)22-30/h7-17,20-22H,4-6,18-19,23-25H2,1-3H3. The zero-order valence-corrected chi connectivity index (χ0v) is 22.9. The summed E-state index contributed by atoms with van der Waals surface area (Å²) >= 11 is 0. The highest BCUT2D eigenvalue weighted by atomic mass is 16.2. The predicted octanol–water partition coefficient (Wildman–Crippen LogP) is 6.68. The smallest absolute Gasteiger partial charge is 0.254 e. The number of nitrogens with zero attached hydrogens (tertiary/aromatic N) is 3. The molecule has 0 N–H and O–H groups in total. The molecule has 0 radical (unpaired) electrons. The average Bonchev–Trinajstić information content (AvgIpc) is 3.36. The Morgan fingerprint density at radius 2 is 1.61 bits per heavy atom. The van der Waals surface area contributed by atoms with Crippen molar-refractivity contribution in [3.05, 3.63) is 107 Å². The van der Waals surface area contributed by atoms with Gasteiger partial charge >= 0.3 is 0 Å². The zero-order chi connectivity index (χ0) is 26.9. The number of hydrogen-bond acceptors (Lipinski definition) is 2. The molecule has 5 heteroatoms. The molecule has 0 unspecified atom stereocenters. The normalized spacial score (nSPS) is 11.0. The van der Waals surface area contributed by atoms with E-state index < -0.39 is 0 Å². The number of aromatic nitrogens is 1. The van der Waals surface area contributed by atoms with Crippen molar-refractivity contribution in [3.8, 4) is 0 Å². The predicted molar refractivity (Wildman–Crippen MR) is 155 cm³/mol. The number of carbonyl (C=O) groups is 2. The van der Waals surface area contributed by atoms with Gasteiger partial charge in [0.25, 0.3) is 5.91 Å². The van der Waals surface area contributed by atoms with E-state index in [1.54, 1.807) is 4.90 Å². The van der Waals surface area contributed by atoms with Crippen molar-refractivity contribution in [1.29, 1.82) is 0 Å². The van der Waals surface area contributed by atoms with E-state index in [0.29, 0.717) is 25.2 Å². The van der Waals surface area contributed by atoms with Gasteiger partial charge in [-0.05, 0) is 60.4 Å². The van der Waals surface area contributed by atoms with Gasteiger partial charge in [0.15, 0.2) is 0 Å². The Morgan fingerprint density at radius 3 is 2.37 bits per heavy atom. The minimum Gasteiger partial charge on any atom is -0.345 e. The fourth-order valence-electron chi connectivity index (χ4n) is 4.88. The average molecular weight is 510 g/mol. The van der Waals surface area contributed by atoms with Crippen LogP contribution in [0.25, 0.3) is 10.8 Å². The van der Waals surface area contributed by atoms with Gasteiger partial charge in [-0.15, -0.1) is 0 Å². The first-order chi connectivity index (χ1) is 18.5. The quantitative estimate of drug-likeness (QED) is 0.214. The summed E-state index contributed by atoms with van der Waals surface area (Å²) in [6.45, 7) is 8.88. The SMILES string of the molecule is CCCCN(Cc1cccn1Cc1cccc(C)c1)C(=O)CN(CCC)C(=O)c1ccc2ccccc2c1. The highest BCUT2D eigenvalue weighted by Gasteiger charge is 2.23. The van der Waals surface area contributed by atoms with Crippen molar-refractivity contribution in [2.45, 2.75) is 53.1 Å². The molecule has 0 atom stereocenters. The number of aryl methyl sites for hydroxylation is 1. The molecule has 0 aliphatic heterocycles. The van der Waals surface area contributed by atoms with Crippen LogP contribution in [0.2, 0.25) is 0 Å². The first-order valence-electron chi connectivity index (χ1n) is 13.7. The van der Waals surface area contributed by atoms with Crippen LogP contribution in [0.5, 0.6) is 0 Å². The van der Waals surface area contributed by atoms with E-state index in [-0.39, 0.29) is 18.4 Å². The van der Waals surface area contributed by atoms with Crippen LogP contribution in [-0.2, 0) is 17.9 Å². The summed E-state index contributed by atoms with van der Waals surface area (Å²) in [6.07, 6.45) is 4.80. The molecule has 1 aromatic heterocycles. The van der Waals surface area contributed by atoms with Gasteiger partial charge < -0.3 is 14.4 Å². The first-order valence-corrected chi connectivity index (χ1v) is 13.7. The van der Waals surface area contributed by atoms with Crippen LogP contribution in [0.3, 0.4) is 0 Å². The second kappa shape index (κ2) is 13.1. The summed E-state index contributed by atoms with van der Waals surface area (Å²) in [5, 5.41) is 2.13. The van der Waals surface area contributed by atoms with Gasteiger partial charge in [-0.1, -0.05) is 80.4 Å². The number of hydrogen-bond donors (Lipinski definition) is 0. The molecule has 0 aliphatic rings. The summed E-state index contributed by atoms with van der Waals surface area (Å²) in [6, 6.07) is 26.4. The highest BCUT2D eigenvalue weighted by Crippen LogP contribution is 2.18. The van der Waals surface area contributed by atoms with Crippen LogP contribution in [-0.4, -0.2) is 45.8 Å². The lowest BCUT2D eigenvalue weighted by atomic mass is 10.1. The molecule has 1 heterocycles. The summed E-state index contributed by atoms with van der Waals surface area (Å²) < 4.78 is 2.21. The van der Waals surface area contributed by atoms with E-state index in [0.717, 1.165) is 42.3 Å². The van der Waals surface area contributed by atoms with Gasteiger partial charge in [0.1, 0.15) is 6.54 Å². The minimum atomic E-state index is -0.0933. The molecule has 0 fully saturated rings. The number of carbonyl (C=O) groups excluding carboxylic acids is 2. The molecule has 4 rings (SSSR count). The fraction of sp³-hybridized carbons (Fsp3) is 0.333. The van der Waals surface area contributed by atoms with E-state index in [2.05, 4.69) is 54.9 Å². The fourth-order valence-corrected chi connectivity index (χ4v) is 4.88. The van der Waals surface area contributed by atoms with Crippen molar-refractivity contribution in [2.24, 2.45) is 0 Å². The molecule has 2 amide bonds. The van der Waals surface area contributed by atoms with Gasteiger partial charge in [-0.3, -0.25) is 9.59 Å². The minimum absolute atomic E-state index is 0.00987. The Kier molecular flexibility index (Phi) is 9.36. The molecule has 0 saturated heterocycles. The van der Waals surface area contributed by atoms with Gasteiger partial charge in [0.05, 0.1) is 6.54 Å². The topological polar surface area (TPSA) is 45.6 Å². The molecule has 4 aromatic rings. The van der Waals surface area contributed by atoms with Crippen LogP contribution in [0.15, 0.2) is 85.1 Å². The Hall–Kier alpha value is -3.86. The van der Waals surface area contributed by atoms with Crippen molar-refractivity contribution >= 4 is 22.6 Å². The molecule has 0 spiro atoms. The number of amides is 2. The molecule has 38 heavy (non-hydrogen) atoms. The maximum Gasteiger partial charge on any atom is 0.254 e. The lowest BCUT2D eigenvalue weighted by molar-refractivity contribution is -0.132. The van der Waals surface area contributed by atoms with Crippen LogP contribution in [0, 0.1) is 6.92 Å². The third-order valence-electron chi connectivity index (χ3n) is 6.95. The van der Waals surface area contributed by atoms with E-state index in [1.807, 2.05) is 60.4 Å². The molecule has 0 saturated carbocycles. The number of rotatable bonds is 12. The second-order valence-corrected chi connectivity index (χ2v) is 10.1. The Labute approximate surface area is 226 Å². The maximum atomic E-state index is 13.6. The lowest BCUT2D eigenvalue weighted by Crippen LogP contribution is -2.43. The Morgan fingerprint density at radius 1 is 0.789 bits per heavy atom. The highest BCUT2D eigenvalue weighted by molar-refractivity contribution is 6.00.